The number of carbonyl (C=O) groups excluding carboxylic acids is 2. The van der Waals surface area contributed by atoms with Crippen molar-refractivity contribution in [1.82, 2.24) is 0 Å². The first-order valence-electron chi connectivity index (χ1n) is 9.06. The second-order valence-electron chi connectivity index (χ2n) is 5.97. The molecule has 27 heavy (non-hydrogen) atoms. The molecule has 2 rings (SSSR count). The van der Waals surface area contributed by atoms with Gasteiger partial charge in [0, 0.05) is 5.69 Å². The third-order valence-corrected chi connectivity index (χ3v) is 5.07. The van der Waals surface area contributed by atoms with Crippen LogP contribution in [0, 0.1) is 0 Å². The number of thioether (sulfide) groups is 1. The summed E-state index contributed by atoms with van der Waals surface area (Å²) in [7, 11) is 0. The zero-order valence-corrected chi connectivity index (χ0v) is 16.8. The molecule has 0 aliphatic heterocycles. The molecule has 2 aromatic rings. The van der Waals surface area contributed by atoms with Crippen LogP contribution < -0.4 is 15.4 Å². The number of nitrogens with one attached hydrogen (secondary N) is 2. The van der Waals surface area contributed by atoms with Gasteiger partial charge in [-0.2, -0.15) is 0 Å². The summed E-state index contributed by atoms with van der Waals surface area (Å²) < 4.78 is 5.51. The van der Waals surface area contributed by atoms with E-state index in [1.807, 2.05) is 49.4 Å². The predicted molar refractivity (Wildman–Crippen MR) is 113 cm³/mol. The van der Waals surface area contributed by atoms with E-state index in [1.165, 1.54) is 17.3 Å². The van der Waals surface area contributed by atoms with Gasteiger partial charge >= 0.3 is 0 Å². The Bertz CT molecular complexity index is 762. The normalized spacial score (nSPS) is 11.5. The molecule has 1 atom stereocenters. The maximum Gasteiger partial charge on any atom is 0.237 e. The minimum absolute atomic E-state index is 0.126. The molecule has 0 spiro atoms. The monoisotopic (exact) mass is 386 g/mol. The Balaban J connectivity index is 1.82. The van der Waals surface area contributed by atoms with Gasteiger partial charge in [0.05, 0.1) is 23.3 Å². The maximum absolute atomic E-state index is 12.4. The summed E-state index contributed by atoms with van der Waals surface area (Å²) in [6.07, 6.45) is 0.961. The number of aryl methyl sites for hydroxylation is 1. The number of carbonyl (C=O) groups is 2. The van der Waals surface area contributed by atoms with Crippen molar-refractivity contribution in [3.05, 3.63) is 54.1 Å². The van der Waals surface area contributed by atoms with Crippen molar-refractivity contribution in [2.75, 3.05) is 23.0 Å². The number of ether oxygens (including phenoxy) is 1. The molecule has 0 aromatic heterocycles. The van der Waals surface area contributed by atoms with Crippen LogP contribution in [0.2, 0.25) is 0 Å². The van der Waals surface area contributed by atoms with E-state index >= 15 is 0 Å². The molecule has 0 aliphatic rings. The fourth-order valence-corrected chi connectivity index (χ4v) is 3.07. The minimum Gasteiger partial charge on any atom is -0.492 e. The lowest BCUT2D eigenvalue weighted by atomic mass is 10.1. The Kier molecular flexibility index (Phi) is 8.20. The highest BCUT2D eigenvalue weighted by molar-refractivity contribution is 8.01. The van der Waals surface area contributed by atoms with Gasteiger partial charge in [0.2, 0.25) is 11.8 Å². The molecule has 0 aliphatic carbocycles. The molecule has 2 amide bonds. The van der Waals surface area contributed by atoms with E-state index in [-0.39, 0.29) is 22.8 Å². The average Bonchev–Trinajstić information content (AvgIpc) is 2.68. The fraction of sp³-hybridized carbons (Fsp3) is 0.333. The maximum atomic E-state index is 12.4. The van der Waals surface area contributed by atoms with Crippen molar-refractivity contribution in [3.8, 4) is 5.75 Å². The van der Waals surface area contributed by atoms with E-state index in [4.69, 9.17) is 4.74 Å². The van der Waals surface area contributed by atoms with Crippen LogP contribution in [0.25, 0.3) is 0 Å². The molecular weight excluding hydrogens is 360 g/mol. The van der Waals surface area contributed by atoms with Gasteiger partial charge in [-0.15, -0.1) is 11.8 Å². The third kappa shape index (κ3) is 6.64. The number of rotatable bonds is 9. The molecule has 0 fully saturated rings. The minimum atomic E-state index is -0.368. The Hall–Kier alpha value is -2.47. The summed E-state index contributed by atoms with van der Waals surface area (Å²) in [5, 5.41) is 5.35. The van der Waals surface area contributed by atoms with E-state index in [2.05, 4.69) is 17.6 Å². The van der Waals surface area contributed by atoms with Crippen molar-refractivity contribution in [2.45, 2.75) is 32.4 Å². The van der Waals surface area contributed by atoms with Gasteiger partial charge in [0.15, 0.2) is 0 Å². The van der Waals surface area contributed by atoms with Crippen LogP contribution in [-0.2, 0) is 16.0 Å². The topological polar surface area (TPSA) is 67.4 Å². The quantitative estimate of drug-likeness (QED) is 0.672. The number of benzene rings is 2. The van der Waals surface area contributed by atoms with E-state index in [9.17, 15) is 9.59 Å². The van der Waals surface area contributed by atoms with Crippen LogP contribution in [0.5, 0.6) is 5.75 Å². The zero-order chi connectivity index (χ0) is 19.6. The second-order valence-corrected chi connectivity index (χ2v) is 7.30. The largest absolute Gasteiger partial charge is 0.492 e. The van der Waals surface area contributed by atoms with Crippen LogP contribution >= 0.6 is 11.8 Å². The molecule has 2 aromatic carbocycles. The molecule has 2 N–H and O–H groups in total. The number of anilines is 2. The first-order chi connectivity index (χ1) is 13.0. The summed E-state index contributed by atoms with van der Waals surface area (Å²) in [5.41, 5.74) is 2.62. The number of para-hydroxylation sites is 2. The fourth-order valence-electron chi connectivity index (χ4n) is 2.38. The van der Waals surface area contributed by atoms with Gasteiger partial charge in [0.1, 0.15) is 5.75 Å². The standard InChI is InChI=1S/C21H26N2O3S/c1-4-16-10-12-17(13-11-16)22-20(24)14-27-15(3)21(25)23-18-8-6-7-9-19(18)26-5-2/h6-13,15H,4-5,14H2,1-3H3,(H,22,24)(H,23,25). The average molecular weight is 387 g/mol. The molecule has 5 nitrogen and oxygen atoms in total. The van der Waals surface area contributed by atoms with Crippen molar-refractivity contribution < 1.29 is 14.3 Å². The van der Waals surface area contributed by atoms with Gasteiger partial charge < -0.3 is 15.4 Å². The lowest BCUT2D eigenvalue weighted by Crippen LogP contribution is -2.25. The van der Waals surface area contributed by atoms with Crippen LogP contribution in [0.15, 0.2) is 48.5 Å². The molecule has 0 heterocycles. The highest BCUT2D eigenvalue weighted by Gasteiger charge is 2.17. The van der Waals surface area contributed by atoms with Gasteiger partial charge in [-0.05, 0) is 50.1 Å². The Morgan fingerprint density at radius 1 is 1.04 bits per heavy atom. The molecule has 0 bridgehead atoms. The summed E-state index contributed by atoms with van der Waals surface area (Å²) in [5.74, 6) is 0.557. The SMILES string of the molecule is CCOc1ccccc1NC(=O)C(C)SCC(=O)Nc1ccc(CC)cc1. The molecule has 144 valence electrons. The highest BCUT2D eigenvalue weighted by atomic mass is 32.2. The number of hydrogen-bond acceptors (Lipinski definition) is 4. The van der Waals surface area contributed by atoms with E-state index in [1.54, 1.807) is 13.0 Å². The van der Waals surface area contributed by atoms with Gasteiger partial charge in [-0.25, -0.2) is 0 Å². The summed E-state index contributed by atoms with van der Waals surface area (Å²) in [6, 6.07) is 15.1. The summed E-state index contributed by atoms with van der Waals surface area (Å²) >= 11 is 1.29. The Morgan fingerprint density at radius 3 is 2.41 bits per heavy atom. The summed E-state index contributed by atoms with van der Waals surface area (Å²) in [6.45, 7) is 6.29. The molecule has 0 saturated carbocycles. The molecule has 6 heteroatoms. The smallest absolute Gasteiger partial charge is 0.237 e. The lowest BCUT2D eigenvalue weighted by molar-refractivity contribution is -0.115. The Morgan fingerprint density at radius 2 is 1.74 bits per heavy atom. The van der Waals surface area contributed by atoms with Gasteiger partial charge in [0.25, 0.3) is 0 Å². The number of hydrogen-bond donors (Lipinski definition) is 2. The van der Waals surface area contributed by atoms with Crippen LogP contribution in [0.4, 0.5) is 11.4 Å². The molecule has 0 radical (unpaired) electrons. The molecule has 0 saturated heterocycles. The van der Waals surface area contributed by atoms with Crippen molar-refractivity contribution in [3.63, 3.8) is 0 Å². The van der Waals surface area contributed by atoms with E-state index in [0.717, 1.165) is 12.1 Å². The second kappa shape index (κ2) is 10.6. The van der Waals surface area contributed by atoms with Crippen molar-refractivity contribution >= 4 is 35.0 Å². The van der Waals surface area contributed by atoms with Crippen LogP contribution in [0.1, 0.15) is 26.3 Å². The van der Waals surface area contributed by atoms with Crippen molar-refractivity contribution in [1.29, 1.82) is 0 Å². The van der Waals surface area contributed by atoms with E-state index in [0.29, 0.717) is 18.0 Å². The summed E-state index contributed by atoms with van der Waals surface area (Å²) in [4.78, 5) is 24.5. The Labute approximate surface area is 164 Å². The van der Waals surface area contributed by atoms with Crippen molar-refractivity contribution in [2.24, 2.45) is 0 Å². The van der Waals surface area contributed by atoms with Gasteiger partial charge in [-0.3, -0.25) is 9.59 Å². The first-order valence-corrected chi connectivity index (χ1v) is 10.1. The van der Waals surface area contributed by atoms with Crippen LogP contribution in [-0.4, -0.2) is 29.4 Å². The van der Waals surface area contributed by atoms with Crippen LogP contribution in [0.3, 0.4) is 0 Å². The third-order valence-electron chi connectivity index (χ3n) is 3.92. The molecule has 1 unspecified atom stereocenters. The number of amides is 2. The first kappa shape index (κ1) is 20.8. The zero-order valence-electron chi connectivity index (χ0n) is 16.0. The van der Waals surface area contributed by atoms with Gasteiger partial charge in [-0.1, -0.05) is 31.2 Å². The molecular formula is C21H26N2O3S. The van der Waals surface area contributed by atoms with E-state index < -0.39 is 0 Å². The highest BCUT2D eigenvalue weighted by Crippen LogP contribution is 2.25. The lowest BCUT2D eigenvalue weighted by Gasteiger charge is -2.14. The predicted octanol–water partition coefficient (Wildman–Crippen LogP) is 4.35.